The van der Waals surface area contributed by atoms with Gasteiger partial charge in [-0.3, -0.25) is 0 Å². The molecule has 0 spiro atoms. The van der Waals surface area contributed by atoms with Crippen LogP contribution in [0.5, 0.6) is 5.75 Å². The van der Waals surface area contributed by atoms with Gasteiger partial charge in [-0.25, -0.2) is 4.39 Å². The van der Waals surface area contributed by atoms with Crippen LogP contribution in [0, 0.1) is 5.82 Å². The molecular weight excluding hydrogens is 285 g/mol. The smallest absolute Gasteiger partial charge is 0.124 e. The van der Waals surface area contributed by atoms with E-state index in [0.717, 1.165) is 17.2 Å². The van der Waals surface area contributed by atoms with Gasteiger partial charge in [0.1, 0.15) is 18.2 Å². The van der Waals surface area contributed by atoms with Crippen molar-refractivity contribution in [3.05, 3.63) is 59.9 Å². The molecule has 0 bridgehead atoms. The number of rotatable bonds is 4. The summed E-state index contributed by atoms with van der Waals surface area (Å²) in [4.78, 5) is 1.06. The Morgan fingerprint density at radius 3 is 2.71 bits per heavy atom. The molecule has 1 N–H and O–H groups in total. The van der Waals surface area contributed by atoms with Crippen molar-refractivity contribution in [2.24, 2.45) is 0 Å². The van der Waals surface area contributed by atoms with E-state index >= 15 is 0 Å². The second-order valence-electron chi connectivity index (χ2n) is 4.99. The number of thioether (sulfide) groups is 1. The van der Waals surface area contributed by atoms with Gasteiger partial charge in [0.15, 0.2) is 0 Å². The van der Waals surface area contributed by atoms with Crippen molar-refractivity contribution in [2.45, 2.75) is 23.1 Å². The molecule has 21 heavy (non-hydrogen) atoms. The van der Waals surface area contributed by atoms with Crippen LogP contribution in [0.1, 0.15) is 18.5 Å². The standard InChI is InChI=1S/C17H18FNOS/c1-2-19-17-14-5-3-4-6-15(14)20-11-16(17)21-13-9-7-12(18)8-10-13/h3-10,16-17,19H,2,11H2,1H3. The SMILES string of the molecule is CCNC1c2ccccc2OCC1Sc1ccc(F)cc1. The molecule has 2 nitrogen and oxygen atoms in total. The van der Waals surface area contributed by atoms with Crippen molar-refractivity contribution in [1.82, 2.24) is 5.32 Å². The molecule has 1 heterocycles. The van der Waals surface area contributed by atoms with E-state index in [0.29, 0.717) is 6.61 Å². The molecule has 2 unspecified atom stereocenters. The van der Waals surface area contributed by atoms with Crippen LogP contribution in [0.3, 0.4) is 0 Å². The molecule has 2 aromatic rings. The summed E-state index contributed by atoms with van der Waals surface area (Å²) in [7, 11) is 0. The third-order valence-electron chi connectivity index (χ3n) is 3.55. The van der Waals surface area contributed by atoms with Gasteiger partial charge in [-0.2, -0.15) is 0 Å². The highest BCUT2D eigenvalue weighted by Crippen LogP contribution is 2.39. The molecule has 0 aromatic heterocycles. The quantitative estimate of drug-likeness (QED) is 0.921. The van der Waals surface area contributed by atoms with E-state index in [2.05, 4.69) is 18.3 Å². The third kappa shape index (κ3) is 3.22. The molecular formula is C17H18FNOS. The fourth-order valence-electron chi connectivity index (χ4n) is 2.59. The number of para-hydroxylation sites is 1. The molecule has 0 radical (unpaired) electrons. The third-order valence-corrected chi connectivity index (χ3v) is 4.81. The molecule has 0 saturated heterocycles. The van der Waals surface area contributed by atoms with Crippen molar-refractivity contribution >= 4 is 11.8 Å². The lowest BCUT2D eigenvalue weighted by molar-refractivity contribution is 0.261. The average Bonchev–Trinajstić information content (AvgIpc) is 2.52. The molecule has 0 fully saturated rings. The van der Waals surface area contributed by atoms with Gasteiger partial charge in [-0.15, -0.1) is 11.8 Å². The van der Waals surface area contributed by atoms with Crippen molar-refractivity contribution < 1.29 is 9.13 Å². The second-order valence-corrected chi connectivity index (χ2v) is 6.31. The topological polar surface area (TPSA) is 21.3 Å². The van der Waals surface area contributed by atoms with E-state index < -0.39 is 0 Å². The average molecular weight is 303 g/mol. The largest absolute Gasteiger partial charge is 0.492 e. The van der Waals surface area contributed by atoms with Gasteiger partial charge in [0.2, 0.25) is 0 Å². The first-order valence-corrected chi connectivity index (χ1v) is 8.03. The normalized spacial score (nSPS) is 20.7. The van der Waals surface area contributed by atoms with E-state index in [1.165, 1.54) is 17.7 Å². The van der Waals surface area contributed by atoms with Gasteiger partial charge in [0.25, 0.3) is 0 Å². The summed E-state index contributed by atoms with van der Waals surface area (Å²) < 4.78 is 18.9. The second kappa shape index (κ2) is 6.50. The lowest BCUT2D eigenvalue weighted by atomic mass is 10.0. The molecule has 0 saturated carbocycles. The molecule has 2 aromatic carbocycles. The molecule has 4 heteroatoms. The van der Waals surface area contributed by atoms with Gasteiger partial charge < -0.3 is 10.1 Å². The molecule has 1 aliphatic heterocycles. The monoisotopic (exact) mass is 303 g/mol. The minimum atomic E-state index is -0.201. The lowest BCUT2D eigenvalue weighted by Gasteiger charge is -2.33. The van der Waals surface area contributed by atoms with Crippen LogP contribution in [0.2, 0.25) is 0 Å². The Morgan fingerprint density at radius 1 is 1.19 bits per heavy atom. The maximum absolute atomic E-state index is 13.0. The van der Waals surface area contributed by atoms with Gasteiger partial charge in [-0.05, 0) is 36.9 Å². The van der Waals surface area contributed by atoms with Crippen LogP contribution in [-0.2, 0) is 0 Å². The maximum atomic E-state index is 13.0. The zero-order valence-electron chi connectivity index (χ0n) is 11.9. The minimum absolute atomic E-state index is 0.201. The molecule has 2 atom stereocenters. The van der Waals surface area contributed by atoms with Gasteiger partial charge in [0, 0.05) is 10.5 Å². The highest BCUT2D eigenvalue weighted by molar-refractivity contribution is 8.00. The first kappa shape index (κ1) is 14.4. The fourth-order valence-corrected chi connectivity index (χ4v) is 3.75. The highest BCUT2D eigenvalue weighted by Gasteiger charge is 2.30. The summed E-state index contributed by atoms with van der Waals surface area (Å²) >= 11 is 1.73. The van der Waals surface area contributed by atoms with Crippen LogP contribution >= 0.6 is 11.8 Å². The van der Waals surface area contributed by atoms with E-state index in [1.807, 2.05) is 30.3 Å². The minimum Gasteiger partial charge on any atom is -0.492 e. The first-order chi connectivity index (χ1) is 10.3. The van der Waals surface area contributed by atoms with Gasteiger partial charge >= 0.3 is 0 Å². The summed E-state index contributed by atoms with van der Waals surface area (Å²) in [5.41, 5.74) is 1.20. The molecule has 0 amide bonds. The van der Waals surface area contributed by atoms with Crippen molar-refractivity contribution in [2.75, 3.05) is 13.2 Å². The molecule has 1 aliphatic rings. The number of hydrogen-bond donors (Lipinski definition) is 1. The Morgan fingerprint density at radius 2 is 1.95 bits per heavy atom. The number of nitrogens with one attached hydrogen (secondary N) is 1. The molecule has 110 valence electrons. The van der Waals surface area contributed by atoms with E-state index in [9.17, 15) is 4.39 Å². The Hall–Kier alpha value is -1.52. The first-order valence-electron chi connectivity index (χ1n) is 7.15. The Kier molecular flexibility index (Phi) is 4.46. The van der Waals surface area contributed by atoms with Crippen LogP contribution in [0.15, 0.2) is 53.4 Å². The number of ether oxygens (including phenoxy) is 1. The molecule has 3 rings (SSSR count). The zero-order chi connectivity index (χ0) is 14.7. The van der Waals surface area contributed by atoms with Gasteiger partial charge in [-0.1, -0.05) is 25.1 Å². The number of fused-ring (bicyclic) bond motifs is 1. The van der Waals surface area contributed by atoms with Crippen LogP contribution < -0.4 is 10.1 Å². The summed E-state index contributed by atoms with van der Waals surface area (Å²) in [6, 6.07) is 15.1. The Labute approximate surface area is 128 Å². The van der Waals surface area contributed by atoms with Crippen molar-refractivity contribution in [3.8, 4) is 5.75 Å². The summed E-state index contributed by atoms with van der Waals surface area (Å²) in [6.07, 6.45) is 0. The Balaban J connectivity index is 1.83. The lowest BCUT2D eigenvalue weighted by Crippen LogP contribution is -2.37. The number of benzene rings is 2. The predicted octanol–water partition coefficient (Wildman–Crippen LogP) is 4.03. The van der Waals surface area contributed by atoms with Crippen molar-refractivity contribution in [1.29, 1.82) is 0 Å². The fraction of sp³-hybridized carbons (Fsp3) is 0.294. The summed E-state index contributed by atoms with van der Waals surface area (Å²) in [5, 5.41) is 3.82. The molecule has 0 aliphatic carbocycles. The van der Waals surface area contributed by atoms with Crippen LogP contribution in [0.25, 0.3) is 0 Å². The number of hydrogen-bond acceptors (Lipinski definition) is 3. The predicted molar refractivity (Wildman–Crippen MR) is 84.4 cm³/mol. The Bertz CT molecular complexity index is 602. The van der Waals surface area contributed by atoms with Crippen LogP contribution in [0.4, 0.5) is 4.39 Å². The van der Waals surface area contributed by atoms with Crippen molar-refractivity contribution in [3.63, 3.8) is 0 Å². The van der Waals surface area contributed by atoms with Gasteiger partial charge in [0.05, 0.1) is 11.3 Å². The summed E-state index contributed by atoms with van der Waals surface area (Å²) in [6.45, 7) is 3.66. The van der Waals surface area contributed by atoms with E-state index in [1.54, 1.807) is 11.8 Å². The zero-order valence-corrected chi connectivity index (χ0v) is 12.7. The summed E-state index contributed by atoms with van der Waals surface area (Å²) in [5.74, 6) is 0.757. The van der Waals surface area contributed by atoms with E-state index in [-0.39, 0.29) is 17.1 Å². The highest BCUT2D eigenvalue weighted by atomic mass is 32.2. The van der Waals surface area contributed by atoms with E-state index in [4.69, 9.17) is 4.74 Å². The maximum Gasteiger partial charge on any atom is 0.124 e. The number of halogens is 1. The van der Waals surface area contributed by atoms with Crippen LogP contribution in [-0.4, -0.2) is 18.4 Å².